The number of amidine groups is 1. The number of ether oxygens (including phenoxy) is 2. The van der Waals surface area contributed by atoms with Gasteiger partial charge in [-0.05, 0) is 137 Å². The van der Waals surface area contributed by atoms with Crippen molar-refractivity contribution in [2.24, 2.45) is 10.7 Å². The van der Waals surface area contributed by atoms with Crippen molar-refractivity contribution in [3.63, 3.8) is 0 Å². The van der Waals surface area contributed by atoms with Gasteiger partial charge in [-0.1, -0.05) is 63.3 Å². The van der Waals surface area contributed by atoms with Crippen LogP contribution in [0.2, 0.25) is 0 Å². The Kier molecular flexibility index (Phi) is 21.3. The predicted molar refractivity (Wildman–Crippen MR) is 269 cm³/mol. The number of likely N-dealkylation sites (tertiary alicyclic amines) is 2. The molecule has 0 bridgehead atoms. The second-order valence-corrected chi connectivity index (χ2v) is 18.3. The molecule has 0 amide bonds. The topological polar surface area (TPSA) is 160 Å². The minimum atomic E-state index is -0.468. The first-order valence-corrected chi connectivity index (χ1v) is 24.7. The molecule has 6 N–H and O–H groups in total. The van der Waals surface area contributed by atoms with Gasteiger partial charge in [-0.3, -0.25) is 19.4 Å². The number of hydrogen-bond acceptors (Lipinski definition) is 12. The average molecular weight is 1010 g/mol. The molecule has 12 nitrogen and oxygen atoms in total. The van der Waals surface area contributed by atoms with Crippen molar-refractivity contribution in [1.82, 2.24) is 14.8 Å². The lowest BCUT2D eigenvalue weighted by molar-refractivity contribution is 0.102. The van der Waals surface area contributed by atoms with Crippen LogP contribution in [-0.2, 0) is 0 Å². The molecule has 2 fully saturated rings. The minimum absolute atomic E-state index is 0.107. The minimum Gasteiger partial charge on any atom is -0.492 e. The lowest BCUT2D eigenvalue weighted by Gasteiger charge is -2.15. The molecule has 1 unspecified atom stereocenters. The number of thioether (sulfide) groups is 1. The van der Waals surface area contributed by atoms with Crippen molar-refractivity contribution in [3.8, 4) is 11.5 Å². The number of thiocarbonyl (C=S) groups is 1. The maximum absolute atomic E-state index is 13.4. The summed E-state index contributed by atoms with van der Waals surface area (Å²) in [5, 5.41) is 7.73. The molecule has 5 aromatic rings. The van der Waals surface area contributed by atoms with Crippen molar-refractivity contribution in [3.05, 3.63) is 125 Å². The van der Waals surface area contributed by atoms with E-state index in [9.17, 15) is 18.4 Å². The van der Waals surface area contributed by atoms with Gasteiger partial charge in [0.25, 0.3) is 0 Å². The fourth-order valence-electron chi connectivity index (χ4n) is 6.41. The molecule has 0 radical (unpaired) electrons. The second-order valence-electron chi connectivity index (χ2n) is 14.3. The zero-order valence-electron chi connectivity index (χ0n) is 35.1. The van der Waals surface area contributed by atoms with Gasteiger partial charge in [0.2, 0.25) is 5.78 Å². The van der Waals surface area contributed by atoms with E-state index in [-0.39, 0.29) is 39.0 Å². The Bertz CT molecular complexity index is 2300. The van der Waals surface area contributed by atoms with Crippen LogP contribution in [-0.4, -0.2) is 99.9 Å². The third-order valence-electron chi connectivity index (χ3n) is 9.62. The Balaban J connectivity index is 0.000000200. The Morgan fingerprint density at radius 1 is 0.828 bits per heavy atom. The van der Waals surface area contributed by atoms with E-state index < -0.39 is 5.82 Å². The molecule has 2 aliphatic rings. The Hall–Kier alpha value is -4.55. The number of benzene rings is 4. The molecule has 64 heavy (non-hydrogen) atoms. The standard InChI is InChI=1S/C22H23FN4O2S.C15H23N4OPS2.C8H6BrFO/c23-16-5-3-4-15(14-16)19(28)20-21(24)26-22(30-20)25-17-6-8-18(9-7-17)29-13-12-27-10-1-2-11-27;16-14(23-11-21)18-15(22)17-12-3-5-13(6-4-12)20-10-9-19-7-1-2-8-19;9-5-8(11)6-2-1-3-7(10)4-6/h3-9,14H,1-2,10-13,24H2,(H,25,26);3-6H,1-2,7-11,21H2,(H3,16,17,18,22);1-4H,5H2. The number of anilines is 4. The molecule has 0 spiro atoms. The van der Waals surface area contributed by atoms with E-state index in [1.807, 2.05) is 48.5 Å². The first-order chi connectivity index (χ1) is 31.0. The summed E-state index contributed by atoms with van der Waals surface area (Å²) >= 11 is 10.7. The molecule has 1 atom stereocenters. The number of carbonyl (C=O) groups excluding carboxylic acids is 2. The van der Waals surface area contributed by atoms with Gasteiger partial charge < -0.3 is 31.6 Å². The second kappa shape index (κ2) is 27.0. The molecule has 4 aromatic carbocycles. The number of thiazole rings is 1. The van der Waals surface area contributed by atoms with Gasteiger partial charge in [0, 0.05) is 41.1 Å². The van der Waals surface area contributed by atoms with Gasteiger partial charge >= 0.3 is 0 Å². The zero-order chi connectivity index (χ0) is 45.7. The normalized spacial score (nSPS) is 13.8. The van der Waals surface area contributed by atoms with Gasteiger partial charge in [-0.15, -0.1) is 9.24 Å². The van der Waals surface area contributed by atoms with E-state index in [0.717, 1.165) is 72.5 Å². The third kappa shape index (κ3) is 17.4. The molecule has 340 valence electrons. The largest absolute Gasteiger partial charge is 0.492 e. The summed E-state index contributed by atoms with van der Waals surface area (Å²) in [5.41, 5.74) is 14.8. The highest BCUT2D eigenvalue weighted by molar-refractivity contribution is 9.09. The Morgan fingerprint density at radius 3 is 1.86 bits per heavy atom. The fourth-order valence-corrected chi connectivity index (χ4v) is 8.71. The van der Waals surface area contributed by atoms with Gasteiger partial charge in [-0.25, -0.2) is 13.8 Å². The van der Waals surface area contributed by atoms with Crippen molar-refractivity contribution in [2.75, 3.05) is 79.7 Å². The van der Waals surface area contributed by atoms with E-state index >= 15 is 0 Å². The molecule has 7 rings (SSSR count). The maximum Gasteiger partial charge on any atom is 0.206 e. The van der Waals surface area contributed by atoms with Crippen LogP contribution in [0.15, 0.2) is 102 Å². The van der Waals surface area contributed by atoms with Gasteiger partial charge in [0.05, 0.1) is 5.33 Å². The summed E-state index contributed by atoms with van der Waals surface area (Å²) in [6.45, 7) is 8.04. The fraction of sp³-hybridized carbons (Fsp3) is 0.311. The number of nitrogen functional groups attached to an aromatic ring is 1. The smallest absolute Gasteiger partial charge is 0.206 e. The molecule has 19 heteroatoms. The third-order valence-corrected chi connectivity index (χ3v) is 12.4. The van der Waals surface area contributed by atoms with Gasteiger partial charge in [0.1, 0.15) is 47.0 Å². The number of nitrogens with zero attached hydrogens (tertiary/aromatic N) is 4. The van der Waals surface area contributed by atoms with Crippen LogP contribution >= 0.6 is 60.5 Å². The summed E-state index contributed by atoms with van der Waals surface area (Å²) in [4.78, 5) is 37.0. The van der Waals surface area contributed by atoms with E-state index in [0.29, 0.717) is 27.6 Å². The average Bonchev–Trinajstić information content (AvgIpc) is 4.09. The summed E-state index contributed by atoms with van der Waals surface area (Å²) in [6, 6.07) is 26.4. The highest BCUT2D eigenvalue weighted by Gasteiger charge is 2.19. The number of halogens is 3. The number of nitrogens with two attached hydrogens (primary N) is 2. The summed E-state index contributed by atoms with van der Waals surface area (Å²) < 4.78 is 37.5. The van der Waals surface area contributed by atoms with E-state index in [4.69, 9.17) is 33.2 Å². The number of aromatic nitrogens is 1. The SMILES string of the molecule is NC(=NC(=S)Nc1ccc(OCCN2CCCC2)cc1)SCP.Nc1nc(Nc2ccc(OCCN3CCCC3)cc2)sc1C(=O)c1cccc(F)c1.O=C(CBr)c1cccc(F)c1. The number of ketones is 2. The summed E-state index contributed by atoms with van der Waals surface area (Å²) in [7, 11) is 2.58. The Labute approximate surface area is 397 Å². The molecule has 3 heterocycles. The van der Waals surface area contributed by atoms with E-state index in [2.05, 4.69) is 55.6 Å². The van der Waals surface area contributed by atoms with Crippen LogP contribution in [0.3, 0.4) is 0 Å². The first-order valence-electron chi connectivity index (χ1n) is 20.6. The van der Waals surface area contributed by atoms with Crippen LogP contribution in [0.25, 0.3) is 0 Å². The van der Waals surface area contributed by atoms with Crippen LogP contribution in [0.1, 0.15) is 51.3 Å². The molecule has 0 aliphatic carbocycles. The highest BCUT2D eigenvalue weighted by atomic mass is 79.9. The molecule has 0 saturated carbocycles. The predicted octanol–water partition coefficient (Wildman–Crippen LogP) is 9.46. The lowest BCUT2D eigenvalue weighted by Crippen LogP contribution is -2.25. The highest BCUT2D eigenvalue weighted by Crippen LogP contribution is 2.30. The number of rotatable bonds is 16. The van der Waals surface area contributed by atoms with Crippen molar-refractivity contribution < 1.29 is 27.8 Å². The lowest BCUT2D eigenvalue weighted by atomic mass is 10.1. The van der Waals surface area contributed by atoms with E-state index in [1.165, 1.54) is 86.9 Å². The number of alkyl halides is 1. The monoisotopic (exact) mass is 1010 g/mol. The van der Waals surface area contributed by atoms with Crippen LogP contribution in [0.4, 0.5) is 31.1 Å². The number of nitrogens with one attached hydrogen (secondary N) is 2. The Morgan fingerprint density at radius 2 is 1.34 bits per heavy atom. The van der Waals surface area contributed by atoms with Crippen LogP contribution in [0.5, 0.6) is 11.5 Å². The molecular weight excluding hydrogens is 962 g/mol. The van der Waals surface area contributed by atoms with Crippen molar-refractivity contribution in [1.29, 1.82) is 0 Å². The summed E-state index contributed by atoms with van der Waals surface area (Å²) in [5.74, 6) is 0.492. The van der Waals surface area contributed by atoms with Crippen LogP contribution < -0.4 is 31.6 Å². The molecule has 2 saturated heterocycles. The molecular formula is C45H52BrF2N8O4PS3. The van der Waals surface area contributed by atoms with Crippen LogP contribution in [0, 0.1) is 11.6 Å². The van der Waals surface area contributed by atoms with Crippen molar-refractivity contribution in [2.45, 2.75) is 25.7 Å². The number of carbonyl (C=O) groups is 2. The van der Waals surface area contributed by atoms with Gasteiger partial charge in [0.15, 0.2) is 21.2 Å². The maximum atomic E-state index is 13.4. The summed E-state index contributed by atoms with van der Waals surface area (Å²) in [6.07, 6.45) is 5.17. The zero-order valence-corrected chi connectivity index (χ0v) is 40.3. The van der Waals surface area contributed by atoms with Gasteiger partial charge in [-0.2, -0.15) is 4.99 Å². The molecule has 2 aliphatic heterocycles. The number of hydrogen-bond donors (Lipinski definition) is 4. The molecule has 1 aromatic heterocycles. The van der Waals surface area contributed by atoms with E-state index in [1.54, 1.807) is 12.1 Å². The quantitative estimate of drug-likeness (QED) is 0.0185. The first kappa shape index (κ1) is 50.4. The number of aliphatic imine (C=N–C) groups is 1. The number of Topliss-reactive ketones (excluding diaryl/α,β-unsaturated/α-hetero) is 1. The van der Waals surface area contributed by atoms with Crippen molar-refractivity contribution >= 4 is 105 Å².